The van der Waals surface area contributed by atoms with Crippen LogP contribution in [0.5, 0.6) is 11.5 Å². The highest BCUT2D eigenvalue weighted by atomic mass is 16.6. The molecule has 0 saturated carbocycles. The fourth-order valence-corrected chi connectivity index (χ4v) is 2.16. The van der Waals surface area contributed by atoms with Gasteiger partial charge >= 0.3 is 11.9 Å². The summed E-state index contributed by atoms with van der Waals surface area (Å²) < 4.78 is 10.7. The van der Waals surface area contributed by atoms with Crippen molar-refractivity contribution >= 4 is 11.9 Å². The summed E-state index contributed by atoms with van der Waals surface area (Å²) in [7, 11) is 0. The van der Waals surface area contributed by atoms with Crippen molar-refractivity contribution in [3.63, 3.8) is 0 Å². The number of carbonyl (C=O) groups excluding carboxylic acids is 2. The van der Waals surface area contributed by atoms with Crippen LogP contribution in [0.25, 0.3) is 0 Å². The van der Waals surface area contributed by atoms with E-state index >= 15 is 0 Å². The molecule has 0 aliphatic carbocycles. The molecule has 24 heavy (non-hydrogen) atoms. The molecule has 0 spiro atoms. The van der Waals surface area contributed by atoms with E-state index in [1.54, 1.807) is 12.1 Å². The van der Waals surface area contributed by atoms with Gasteiger partial charge in [-0.05, 0) is 56.5 Å². The molecule has 1 rings (SSSR count). The van der Waals surface area contributed by atoms with Gasteiger partial charge in [0.2, 0.25) is 0 Å². The first-order chi connectivity index (χ1) is 11.6. The molecular weight excluding hydrogens is 306 g/mol. The van der Waals surface area contributed by atoms with Crippen LogP contribution >= 0.6 is 0 Å². The lowest BCUT2D eigenvalue weighted by Crippen LogP contribution is -2.18. The van der Waals surface area contributed by atoms with Crippen LogP contribution in [-0.4, -0.2) is 25.0 Å². The number of hydrogen-bond donors (Lipinski definition) is 1. The van der Waals surface area contributed by atoms with E-state index in [1.807, 2.05) is 19.9 Å². The van der Waals surface area contributed by atoms with Gasteiger partial charge in [-0.25, -0.2) is 0 Å². The Morgan fingerprint density at radius 2 is 1.50 bits per heavy atom. The summed E-state index contributed by atoms with van der Waals surface area (Å²) in [6.07, 6.45) is 4.01. The van der Waals surface area contributed by atoms with Crippen LogP contribution in [0.1, 0.15) is 58.4 Å². The third-order valence-electron chi connectivity index (χ3n) is 3.38. The van der Waals surface area contributed by atoms with Gasteiger partial charge in [0, 0.05) is 12.8 Å². The molecule has 0 saturated heterocycles. The van der Waals surface area contributed by atoms with Gasteiger partial charge in [0.25, 0.3) is 0 Å². The molecule has 5 heteroatoms. The highest BCUT2D eigenvalue weighted by Gasteiger charge is 2.14. The smallest absolute Gasteiger partial charge is 0.311 e. The Labute approximate surface area is 144 Å². The second-order valence-corrected chi connectivity index (χ2v) is 5.73. The van der Waals surface area contributed by atoms with E-state index in [0.29, 0.717) is 37.2 Å². The quantitative estimate of drug-likeness (QED) is 0.380. The first kappa shape index (κ1) is 20.2. The minimum Gasteiger partial charge on any atom is -0.423 e. The summed E-state index contributed by atoms with van der Waals surface area (Å²) >= 11 is 0. The summed E-state index contributed by atoms with van der Waals surface area (Å²) in [5, 5.41) is 3.33. The normalized spacial score (nSPS) is 10.5. The Bertz CT molecular complexity index is 528. The Morgan fingerprint density at radius 3 is 2.08 bits per heavy atom. The number of carbonyl (C=O) groups is 2. The Hall–Kier alpha value is -1.88. The van der Waals surface area contributed by atoms with Crippen LogP contribution in [0.15, 0.2) is 18.2 Å². The molecule has 1 aromatic carbocycles. The van der Waals surface area contributed by atoms with Gasteiger partial charge in [-0.3, -0.25) is 9.59 Å². The molecule has 0 aromatic heterocycles. The van der Waals surface area contributed by atoms with Crippen molar-refractivity contribution in [2.45, 2.75) is 59.3 Å². The lowest BCUT2D eigenvalue weighted by atomic mass is 10.1. The van der Waals surface area contributed by atoms with Crippen LogP contribution in [0.2, 0.25) is 0 Å². The lowest BCUT2D eigenvalue weighted by molar-refractivity contribution is -0.137. The molecule has 0 unspecified atom stereocenters. The maximum Gasteiger partial charge on any atom is 0.311 e. The number of nitrogens with one attached hydrogen (secondary N) is 1. The predicted octanol–water partition coefficient (Wildman–Crippen LogP) is 3.64. The molecule has 0 fully saturated rings. The third-order valence-corrected chi connectivity index (χ3v) is 3.38. The topological polar surface area (TPSA) is 64.6 Å². The molecular formula is C19H29NO4. The van der Waals surface area contributed by atoms with Crippen LogP contribution in [0, 0.1) is 0 Å². The zero-order valence-corrected chi connectivity index (χ0v) is 15.0. The number of rotatable bonds is 11. The SMILES string of the molecule is CCCNCCc1ccc(OC(=O)CCC)c(OC(=O)CCC)c1. The van der Waals surface area contributed by atoms with Crippen LogP contribution in [0.4, 0.5) is 0 Å². The molecule has 0 heterocycles. The summed E-state index contributed by atoms with van der Waals surface area (Å²) in [6, 6.07) is 5.40. The van der Waals surface area contributed by atoms with Crippen molar-refractivity contribution in [2.24, 2.45) is 0 Å². The van der Waals surface area contributed by atoms with Gasteiger partial charge in [0.15, 0.2) is 11.5 Å². The number of hydrogen-bond acceptors (Lipinski definition) is 5. The third kappa shape index (κ3) is 7.59. The van der Waals surface area contributed by atoms with Crippen molar-refractivity contribution < 1.29 is 19.1 Å². The average Bonchev–Trinajstić information content (AvgIpc) is 2.54. The molecule has 1 aromatic rings. The van der Waals surface area contributed by atoms with Crippen LogP contribution < -0.4 is 14.8 Å². The zero-order chi connectivity index (χ0) is 17.8. The number of esters is 2. The van der Waals surface area contributed by atoms with Crippen LogP contribution in [-0.2, 0) is 16.0 Å². The van der Waals surface area contributed by atoms with E-state index < -0.39 is 0 Å². The Morgan fingerprint density at radius 1 is 0.875 bits per heavy atom. The first-order valence-electron chi connectivity index (χ1n) is 8.85. The molecule has 0 aliphatic heterocycles. The second-order valence-electron chi connectivity index (χ2n) is 5.73. The summed E-state index contributed by atoms with van der Waals surface area (Å²) in [5.74, 6) is 0.00302. The van der Waals surface area contributed by atoms with Crippen molar-refractivity contribution in [2.75, 3.05) is 13.1 Å². The van der Waals surface area contributed by atoms with Gasteiger partial charge in [0.1, 0.15) is 0 Å². The standard InChI is InChI=1S/C19H29NO4/c1-4-7-18(21)23-16-10-9-15(11-13-20-12-6-3)14-17(16)24-19(22)8-5-2/h9-10,14,20H,4-8,11-13H2,1-3H3. The molecule has 134 valence electrons. The van der Waals surface area contributed by atoms with Crippen molar-refractivity contribution in [1.82, 2.24) is 5.32 Å². The van der Waals surface area contributed by atoms with Crippen molar-refractivity contribution in [3.8, 4) is 11.5 Å². The molecule has 0 amide bonds. The summed E-state index contributed by atoms with van der Waals surface area (Å²) in [5.41, 5.74) is 1.04. The van der Waals surface area contributed by atoms with Gasteiger partial charge in [-0.1, -0.05) is 26.8 Å². The zero-order valence-electron chi connectivity index (χ0n) is 15.0. The van der Waals surface area contributed by atoms with E-state index in [0.717, 1.165) is 31.5 Å². The monoisotopic (exact) mass is 335 g/mol. The maximum atomic E-state index is 11.8. The highest BCUT2D eigenvalue weighted by Crippen LogP contribution is 2.29. The van der Waals surface area contributed by atoms with Crippen molar-refractivity contribution in [1.29, 1.82) is 0 Å². The van der Waals surface area contributed by atoms with Gasteiger partial charge < -0.3 is 14.8 Å². The predicted molar refractivity (Wildman–Crippen MR) is 94.4 cm³/mol. The minimum atomic E-state index is -0.317. The van der Waals surface area contributed by atoms with E-state index in [9.17, 15) is 9.59 Å². The summed E-state index contributed by atoms with van der Waals surface area (Å²) in [4.78, 5) is 23.5. The van der Waals surface area contributed by atoms with Gasteiger partial charge in [0.05, 0.1) is 0 Å². The largest absolute Gasteiger partial charge is 0.423 e. The van der Waals surface area contributed by atoms with Gasteiger partial charge in [-0.15, -0.1) is 0 Å². The van der Waals surface area contributed by atoms with Gasteiger partial charge in [-0.2, -0.15) is 0 Å². The van der Waals surface area contributed by atoms with E-state index in [4.69, 9.17) is 9.47 Å². The highest BCUT2D eigenvalue weighted by molar-refractivity contribution is 5.76. The Kier molecular flexibility index (Phi) is 9.77. The van der Waals surface area contributed by atoms with Crippen LogP contribution in [0.3, 0.4) is 0 Å². The molecule has 0 aliphatic rings. The first-order valence-corrected chi connectivity index (χ1v) is 8.85. The Balaban J connectivity index is 2.83. The lowest BCUT2D eigenvalue weighted by Gasteiger charge is -2.12. The molecule has 5 nitrogen and oxygen atoms in total. The van der Waals surface area contributed by atoms with E-state index in [-0.39, 0.29) is 11.9 Å². The molecule has 0 radical (unpaired) electrons. The maximum absolute atomic E-state index is 11.8. The average molecular weight is 335 g/mol. The molecule has 1 N–H and O–H groups in total. The fourth-order valence-electron chi connectivity index (χ4n) is 2.16. The molecule has 0 atom stereocenters. The molecule has 0 bridgehead atoms. The summed E-state index contributed by atoms with van der Waals surface area (Å²) in [6.45, 7) is 7.78. The minimum absolute atomic E-state index is 0.308. The fraction of sp³-hybridized carbons (Fsp3) is 0.579. The van der Waals surface area contributed by atoms with Crippen molar-refractivity contribution in [3.05, 3.63) is 23.8 Å². The van der Waals surface area contributed by atoms with E-state index in [2.05, 4.69) is 12.2 Å². The number of benzene rings is 1. The number of ether oxygens (including phenoxy) is 2. The van der Waals surface area contributed by atoms with E-state index in [1.165, 1.54) is 0 Å². The second kappa shape index (κ2) is 11.6.